The Hall–Kier alpha value is -1.51. The lowest BCUT2D eigenvalue weighted by molar-refractivity contribution is 0.0955. The van der Waals surface area contributed by atoms with Crippen LogP contribution in [0.2, 0.25) is 0 Å². The van der Waals surface area contributed by atoms with E-state index in [0.29, 0.717) is 5.92 Å². The lowest BCUT2D eigenvalue weighted by atomic mass is 9.94. The van der Waals surface area contributed by atoms with Gasteiger partial charge in [0.05, 0.1) is 6.61 Å². The number of ether oxygens (including phenoxy) is 1. The highest BCUT2D eigenvalue weighted by Crippen LogP contribution is 2.39. The summed E-state index contributed by atoms with van der Waals surface area (Å²) in [6.07, 6.45) is 0.982. The lowest BCUT2D eigenvalue weighted by Gasteiger charge is -2.04. The highest BCUT2D eigenvalue weighted by molar-refractivity contribution is 5.97. The minimum atomic E-state index is 0.0369. The van der Waals surface area contributed by atoms with Crippen LogP contribution in [0.5, 0.6) is 5.75 Å². The normalized spacial score (nSPS) is 23.4. The number of hydrogen-bond acceptors (Lipinski definition) is 2. The van der Waals surface area contributed by atoms with Crippen molar-refractivity contribution in [2.75, 3.05) is 13.2 Å². The van der Waals surface area contributed by atoms with Gasteiger partial charge in [0.15, 0.2) is 0 Å². The van der Waals surface area contributed by atoms with Crippen LogP contribution < -0.4 is 10.1 Å². The fourth-order valence-electron chi connectivity index (χ4n) is 2.25. The Balaban J connectivity index is 2.23. The molecule has 0 aromatic heterocycles. The number of hydrogen-bond donors (Lipinski definition) is 1. The van der Waals surface area contributed by atoms with E-state index in [1.807, 2.05) is 18.2 Å². The minimum Gasteiger partial charge on any atom is -0.493 e. The van der Waals surface area contributed by atoms with E-state index in [0.717, 1.165) is 36.4 Å². The summed E-state index contributed by atoms with van der Waals surface area (Å²) >= 11 is 0. The molecule has 14 heavy (non-hydrogen) atoms. The predicted molar refractivity (Wildman–Crippen MR) is 51.6 cm³/mol. The van der Waals surface area contributed by atoms with E-state index in [1.165, 1.54) is 0 Å². The molecule has 3 heteroatoms. The molecule has 2 aliphatic heterocycles. The molecule has 72 valence electrons. The number of nitrogens with one attached hydrogen (secondary N) is 1. The van der Waals surface area contributed by atoms with Gasteiger partial charge in [-0.05, 0) is 18.6 Å². The Kier molecular flexibility index (Phi) is 1.54. The van der Waals surface area contributed by atoms with E-state index in [1.54, 1.807) is 0 Å². The first-order valence-corrected chi connectivity index (χ1v) is 4.90. The third kappa shape index (κ3) is 0.953. The third-order valence-corrected chi connectivity index (χ3v) is 2.94. The van der Waals surface area contributed by atoms with E-state index in [9.17, 15) is 4.79 Å². The van der Waals surface area contributed by atoms with Crippen LogP contribution in [0.15, 0.2) is 18.2 Å². The van der Waals surface area contributed by atoms with Crippen LogP contribution in [0.3, 0.4) is 0 Å². The summed E-state index contributed by atoms with van der Waals surface area (Å²) in [5, 5.41) is 2.90. The molecular weight excluding hydrogens is 178 g/mol. The largest absolute Gasteiger partial charge is 0.493 e. The monoisotopic (exact) mass is 189 g/mol. The van der Waals surface area contributed by atoms with Crippen LogP contribution >= 0.6 is 0 Å². The second-order valence-electron chi connectivity index (χ2n) is 3.77. The summed E-state index contributed by atoms with van der Waals surface area (Å²) in [4.78, 5) is 11.7. The van der Waals surface area contributed by atoms with Crippen molar-refractivity contribution in [3.8, 4) is 5.75 Å². The molecule has 0 bridgehead atoms. The van der Waals surface area contributed by atoms with Crippen molar-refractivity contribution in [1.82, 2.24) is 5.32 Å². The number of rotatable bonds is 0. The van der Waals surface area contributed by atoms with Crippen molar-refractivity contribution in [1.29, 1.82) is 0 Å². The van der Waals surface area contributed by atoms with Crippen LogP contribution in [-0.4, -0.2) is 19.1 Å². The third-order valence-electron chi connectivity index (χ3n) is 2.94. The van der Waals surface area contributed by atoms with Crippen LogP contribution in [0.1, 0.15) is 28.3 Å². The highest BCUT2D eigenvalue weighted by atomic mass is 16.5. The quantitative estimate of drug-likeness (QED) is 0.668. The molecule has 1 aromatic rings. The molecule has 1 N–H and O–H groups in total. The SMILES string of the molecule is O=C1NCCC2COc3cccc1c32. The van der Waals surface area contributed by atoms with Crippen LogP contribution in [0.4, 0.5) is 0 Å². The number of benzene rings is 1. The molecule has 1 amide bonds. The predicted octanol–water partition coefficient (Wildman–Crippen LogP) is 1.30. The van der Waals surface area contributed by atoms with Gasteiger partial charge in [-0.15, -0.1) is 0 Å². The Morgan fingerprint density at radius 1 is 1.43 bits per heavy atom. The van der Waals surface area contributed by atoms with Gasteiger partial charge >= 0.3 is 0 Å². The summed E-state index contributed by atoms with van der Waals surface area (Å²) in [6, 6.07) is 5.69. The van der Waals surface area contributed by atoms with E-state index in [4.69, 9.17) is 4.74 Å². The molecule has 2 heterocycles. The van der Waals surface area contributed by atoms with Crippen molar-refractivity contribution in [2.24, 2.45) is 0 Å². The van der Waals surface area contributed by atoms with Crippen molar-refractivity contribution in [3.05, 3.63) is 29.3 Å². The Bertz CT molecular complexity index is 400. The van der Waals surface area contributed by atoms with Crippen molar-refractivity contribution in [2.45, 2.75) is 12.3 Å². The van der Waals surface area contributed by atoms with Gasteiger partial charge in [0.2, 0.25) is 0 Å². The average Bonchev–Trinajstić information content (AvgIpc) is 2.53. The van der Waals surface area contributed by atoms with Gasteiger partial charge in [0.25, 0.3) is 5.91 Å². The maximum absolute atomic E-state index is 11.7. The Morgan fingerprint density at radius 3 is 3.29 bits per heavy atom. The maximum atomic E-state index is 11.7. The molecule has 0 saturated carbocycles. The van der Waals surface area contributed by atoms with E-state index < -0.39 is 0 Å². The zero-order valence-electron chi connectivity index (χ0n) is 7.75. The first-order chi connectivity index (χ1) is 6.86. The molecule has 3 nitrogen and oxygen atoms in total. The Labute approximate surface area is 82.1 Å². The van der Waals surface area contributed by atoms with Gasteiger partial charge in [0, 0.05) is 23.6 Å². The summed E-state index contributed by atoms with van der Waals surface area (Å²) in [6.45, 7) is 1.47. The second kappa shape index (κ2) is 2.74. The van der Waals surface area contributed by atoms with Gasteiger partial charge in [-0.2, -0.15) is 0 Å². The summed E-state index contributed by atoms with van der Waals surface area (Å²) < 4.78 is 5.55. The van der Waals surface area contributed by atoms with E-state index in [-0.39, 0.29) is 5.91 Å². The number of carbonyl (C=O) groups excluding carboxylic acids is 1. The zero-order chi connectivity index (χ0) is 9.54. The summed E-state index contributed by atoms with van der Waals surface area (Å²) in [7, 11) is 0. The molecule has 0 radical (unpaired) electrons. The van der Waals surface area contributed by atoms with Crippen molar-refractivity contribution >= 4 is 5.91 Å². The Morgan fingerprint density at radius 2 is 2.36 bits per heavy atom. The molecule has 0 saturated heterocycles. The molecule has 1 unspecified atom stereocenters. The first-order valence-electron chi connectivity index (χ1n) is 4.90. The molecule has 1 atom stereocenters. The summed E-state index contributed by atoms with van der Waals surface area (Å²) in [5.41, 5.74) is 1.91. The molecule has 0 spiro atoms. The van der Waals surface area contributed by atoms with E-state index in [2.05, 4.69) is 5.32 Å². The van der Waals surface area contributed by atoms with Crippen LogP contribution in [-0.2, 0) is 0 Å². The van der Waals surface area contributed by atoms with E-state index >= 15 is 0 Å². The molecule has 0 fully saturated rings. The smallest absolute Gasteiger partial charge is 0.251 e. The molecule has 0 aliphatic carbocycles. The second-order valence-corrected chi connectivity index (χ2v) is 3.77. The van der Waals surface area contributed by atoms with Gasteiger partial charge in [-0.25, -0.2) is 0 Å². The van der Waals surface area contributed by atoms with Gasteiger partial charge < -0.3 is 10.1 Å². The molecular formula is C11H11NO2. The molecule has 3 rings (SSSR count). The maximum Gasteiger partial charge on any atom is 0.251 e. The number of carbonyl (C=O) groups is 1. The topological polar surface area (TPSA) is 38.3 Å². The van der Waals surface area contributed by atoms with Crippen LogP contribution in [0.25, 0.3) is 0 Å². The highest BCUT2D eigenvalue weighted by Gasteiger charge is 2.31. The first kappa shape index (κ1) is 7.85. The molecule has 2 aliphatic rings. The number of amides is 1. The zero-order valence-corrected chi connectivity index (χ0v) is 7.75. The van der Waals surface area contributed by atoms with Gasteiger partial charge in [-0.1, -0.05) is 6.07 Å². The fourth-order valence-corrected chi connectivity index (χ4v) is 2.25. The average molecular weight is 189 g/mol. The minimum absolute atomic E-state index is 0.0369. The van der Waals surface area contributed by atoms with Crippen molar-refractivity contribution in [3.63, 3.8) is 0 Å². The molecule has 1 aromatic carbocycles. The summed E-state index contributed by atoms with van der Waals surface area (Å²) in [5.74, 6) is 1.33. The van der Waals surface area contributed by atoms with Crippen LogP contribution in [0, 0.1) is 0 Å². The standard InChI is InChI=1S/C11H11NO2/c13-11-8-2-1-3-9-10(8)7(6-14-9)4-5-12-11/h1-3,7H,4-6H2,(H,12,13). The lowest BCUT2D eigenvalue weighted by Crippen LogP contribution is -2.22. The fraction of sp³-hybridized carbons (Fsp3) is 0.364. The van der Waals surface area contributed by atoms with Crippen molar-refractivity contribution < 1.29 is 9.53 Å². The van der Waals surface area contributed by atoms with Gasteiger partial charge in [0.1, 0.15) is 5.75 Å². The van der Waals surface area contributed by atoms with Gasteiger partial charge in [-0.3, -0.25) is 4.79 Å².